The number of para-hydroxylation sites is 3. The average Bonchev–Trinajstić information content (AvgIpc) is 2.79. The van der Waals surface area contributed by atoms with Crippen LogP contribution in [0, 0.1) is 12.7 Å². The minimum atomic E-state index is -0.526. The second kappa shape index (κ2) is 8.05. The zero-order chi connectivity index (χ0) is 22.2. The number of benzene rings is 3. The van der Waals surface area contributed by atoms with E-state index >= 15 is 0 Å². The fourth-order valence-corrected chi connectivity index (χ4v) is 4.48. The molecule has 5 aromatic rings. The highest BCUT2D eigenvalue weighted by Crippen LogP contribution is 2.25. The van der Waals surface area contributed by atoms with Gasteiger partial charge in [0, 0.05) is 0 Å². The molecular formula is C24H17FN4O2S. The lowest BCUT2D eigenvalue weighted by Crippen LogP contribution is -2.22. The molecule has 0 spiro atoms. The molecule has 2 aromatic heterocycles. The van der Waals surface area contributed by atoms with Gasteiger partial charge in [0.05, 0.1) is 33.2 Å². The average molecular weight is 444 g/mol. The van der Waals surface area contributed by atoms with Crippen LogP contribution in [0.4, 0.5) is 4.39 Å². The summed E-state index contributed by atoms with van der Waals surface area (Å²) in [7, 11) is 0. The van der Waals surface area contributed by atoms with Gasteiger partial charge in [0.2, 0.25) is 0 Å². The number of aromatic nitrogens is 4. The summed E-state index contributed by atoms with van der Waals surface area (Å²) < 4.78 is 15.9. The van der Waals surface area contributed by atoms with E-state index in [1.807, 2.05) is 19.1 Å². The number of rotatable bonds is 4. The second-order valence-corrected chi connectivity index (χ2v) is 8.22. The van der Waals surface area contributed by atoms with Gasteiger partial charge in [0.25, 0.3) is 11.1 Å². The van der Waals surface area contributed by atoms with E-state index in [1.165, 1.54) is 28.5 Å². The minimum absolute atomic E-state index is 0.120. The molecule has 0 aliphatic carbocycles. The molecule has 6 nitrogen and oxygen atoms in total. The first kappa shape index (κ1) is 20.1. The van der Waals surface area contributed by atoms with E-state index in [2.05, 4.69) is 15.0 Å². The highest BCUT2D eigenvalue weighted by molar-refractivity contribution is 7.98. The minimum Gasteiger partial charge on any atom is -0.309 e. The number of hydrogen-bond acceptors (Lipinski definition) is 5. The van der Waals surface area contributed by atoms with Crippen molar-refractivity contribution in [3.8, 4) is 5.69 Å². The first-order valence-electron chi connectivity index (χ1n) is 9.91. The van der Waals surface area contributed by atoms with Crippen molar-refractivity contribution in [1.29, 1.82) is 0 Å². The summed E-state index contributed by atoms with van der Waals surface area (Å²) in [5, 5.41) is 1.23. The molecule has 1 N–H and O–H groups in total. The Labute approximate surface area is 185 Å². The lowest BCUT2D eigenvalue weighted by molar-refractivity contribution is 0.608. The third kappa shape index (κ3) is 3.48. The Balaban J connectivity index is 1.63. The molecule has 0 radical (unpaired) electrons. The SMILES string of the molecule is Cc1cccc2c(=O)[nH]c(CSc3nc4ccccc4c(=O)n3-c3ccccc3F)nc12. The molecule has 0 fully saturated rings. The van der Waals surface area contributed by atoms with Gasteiger partial charge in [0.1, 0.15) is 11.6 Å². The molecule has 0 aliphatic rings. The topological polar surface area (TPSA) is 80.6 Å². The molecule has 3 aromatic carbocycles. The Morgan fingerprint density at radius 3 is 2.53 bits per heavy atom. The summed E-state index contributed by atoms with van der Waals surface area (Å²) in [4.78, 5) is 37.7. The molecule has 2 heterocycles. The molecule has 0 saturated heterocycles. The smallest absolute Gasteiger partial charge is 0.266 e. The standard InChI is InChI=1S/C24H17FN4O2S/c1-14-7-6-9-16-21(14)27-20(28-22(16)30)13-32-24-26-18-11-4-2-8-15(18)23(31)29(24)19-12-5-3-10-17(19)25/h2-12H,13H2,1H3,(H,27,28,30). The number of H-pyrrole nitrogens is 1. The lowest BCUT2D eigenvalue weighted by Gasteiger charge is -2.14. The van der Waals surface area contributed by atoms with Gasteiger partial charge in [-0.15, -0.1) is 0 Å². The van der Waals surface area contributed by atoms with Crippen LogP contribution >= 0.6 is 11.8 Å². The largest absolute Gasteiger partial charge is 0.309 e. The van der Waals surface area contributed by atoms with Crippen molar-refractivity contribution < 1.29 is 4.39 Å². The van der Waals surface area contributed by atoms with Gasteiger partial charge < -0.3 is 4.98 Å². The van der Waals surface area contributed by atoms with Crippen molar-refractivity contribution >= 4 is 33.6 Å². The zero-order valence-electron chi connectivity index (χ0n) is 17.0. The highest BCUT2D eigenvalue weighted by Gasteiger charge is 2.16. The van der Waals surface area contributed by atoms with Crippen molar-refractivity contribution in [3.63, 3.8) is 0 Å². The third-order valence-corrected chi connectivity index (χ3v) is 6.11. The first-order chi connectivity index (χ1) is 15.5. The fourth-order valence-electron chi connectivity index (χ4n) is 3.61. The van der Waals surface area contributed by atoms with Crippen LogP contribution in [0.5, 0.6) is 0 Å². The van der Waals surface area contributed by atoms with Crippen molar-refractivity contribution in [2.24, 2.45) is 0 Å². The van der Waals surface area contributed by atoms with Crippen LogP contribution < -0.4 is 11.1 Å². The van der Waals surface area contributed by atoms with Gasteiger partial charge in [-0.1, -0.05) is 48.2 Å². The molecule has 0 atom stereocenters. The monoisotopic (exact) mass is 444 g/mol. The van der Waals surface area contributed by atoms with E-state index in [-0.39, 0.29) is 22.6 Å². The summed E-state index contributed by atoms with van der Waals surface area (Å²) in [5.74, 6) is 0.171. The quantitative estimate of drug-likeness (QED) is 0.329. The fraction of sp³-hybridized carbons (Fsp3) is 0.0833. The number of hydrogen-bond donors (Lipinski definition) is 1. The predicted molar refractivity (Wildman–Crippen MR) is 124 cm³/mol. The maximum Gasteiger partial charge on any atom is 0.266 e. The van der Waals surface area contributed by atoms with Crippen molar-refractivity contribution in [3.05, 3.63) is 105 Å². The molecule has 158 valence electrons. The summed E-state index contributed by atoms with van der Waals surface area (Å²) in [6.45, 7) is 1.90. The summed E-state index contributed by atoms with van der Waals surface area (Å²) in [5.41, 5.74) is 1.57. The van der Waals surface area contributed by atoms with Gasteiger partial charge >= 0.3 is 0 Å². The summed E-state index contributed by atoms with van der Waals surface area (Å²) in [6.07, 6.45) is 0. The van der Waals surface area contributed by atoms with Crippen molar-refractivity contribution in [2.45, 2.75) is 17.8 Å². The molecule has 32 heavy (non-hydrogen) atoms. The highest BCUT2D eigenvalue weighted by atomic mass is 32.2. The maximum absolute atomic E-state index is 14.6. The van der Waals surface area contributed by atoms with Crippen LogP contribution in [0.15, 0.2) is 81.5 Å². The van der Waals surface area contributed by atoms with E-state index in [1.54, 1.807) is 42.5 Å². The van der Waals surface area contributed by atoms with Crippen molar-refractivity contribution in [2.75, 3.05) is 0 Å². The third-order valence-electron chi connectivity index (χ3n) is 5.16. The Hall–Kier alpha value is -3.78. The maximum atomic E-state index is 14.6. The van der Waals surface area contributed by atoms with Crippen LogP contribution in [0.3, 0.4) is 0 Å². The van der Waals surface area contributed by atoms with Gasteiger partial charge in [-0.2, -0.15) is 0 Å². The Kier molecular flexibility index (Phi) is 5.07. The normalized spacial score (nSPS) is 11.3. The number of aromatic amines is 1. The number of halogens is 1. The number of nitrogens with zero attached hydrogens (tertiary/aromatic N) is 3. The van der Waals surface area contributed by atoms with Crippen LogP contribution in [0.2, 0.25) is 0 Å². The van der Waals surface area contributed by atoms with Crippen LogP contribution in [-0.4, -0.2) is 19.5 Å². The van der Waals surface area contributed by atoms with E-state index in [0.29, 0.717) is 32.8 Å². The molecule has 5 rings (SSSR count). The first-order valence-corrected chi connectivity index (χ1v) is 10.9. The summed E-state index contributed by atoms with van der Waals surface area (Å²) >= 11 is 1.21. The Bertz CT molecular complexity index is 1610. The molecule has 0 bridgehead atoms. The molecule has 0 saturated carbocycles. The Morgan fingerprint density at radius 2 is 1.69 bits per heavy atom. The predicted octanol–water partition coefficient (Wildman–Crippen LogP) is 4.36. The van der Waals surface area contributed by atoms with Crippen molar-refractivity contribution in [1.82, 2.24) is 19.5 Å². The summed E-state index contributed by atoms with van der Waals surface area (Å²) in [6, 6.07) is 18.5. The molecule has 0 aliphatic heterocycles. The number of thioether (sulfide) groups is 1. The van der Waals surface area contributed by atoms with E-state index < -0.39 is 5.82 Å². The molecular weight excluding hydrogens is 427 g/mol. The molecule has 8 heteroatoms. The zero-order valence-corrected chi connectivity index (χ0v) is 17.8. The number of nitrogens with one attached hydrogen (secondary N) is 1. The van der Waals surface area contributed by atoms with Crippen LogP contribution in [0.1, 0.15) is 11.4 Å². The van der Waals surface area contributed by atoms with Gasteiger partial charge in [-0.3, -0.25) is 14.2 Å². The van der Waals surface area contributed by atoms with E-state index in [9.17, 15) is 14.0 Å². The van der Waals surface area contributed by atoms with Gasteiger partial charge in [-0.25, -0.2) is 14.4 Å². The van der Waals surface area contributed by atoms with Gasteiger partial charge in [-0.05, 0) is 42.8 Å². The second-order valence-electron chi connectivity index (χ2n) is 7.28. The van der Waals surface area contributed by atoms with E-state index in [4.69, 9.17) is 0 Å². The van der Waals surface area contributed by atoms with Crippen LogP contribution in [0.25, 0.3) is 27.5 Å². The molecule has 0 amide bonds. The number of aryl methyl sites for hydroxylation is 1. The van der Waals surface area contributed by atoms with Crippen LogP contribution in [-0.2, 0) is 5.75 Å². The van der Waals surface area contributed by atoms with E-state index in [0.717, 1.165) is 5.56 Å². The molecule has 0 unspecified atom stereocenters. The lowest BCUT2D eigenvalue weighted by atomic mass is 10.1. The Morgan fingerprint density at radius 1 is 0.938 bits per heavy atom. The number of fused-ring (bicyclic) bond motifs is 2. The van der Waals surface area contributed by atoms with Gasteiger partial charge in [0.15, 0.2) is 5.16 Å².